The van der Waals surface area contributed by atoms with Gasteiger partial charge in [0.2, 0.25) is 0 Å². The number of aryl methyl sites for hydroxylation is 1. The Morgan fingerprint density at radius 2 is 2.11 bits per heavy atom. The number of benzene rings is 1. The minimum Gasteiger partial charge on any atom is -0.291 e. The molecule has 0 amide bonds. The fourth-order valence-corrected chi connectivity index (χ4v) is 3.90. The van der Waals surface area contributed by atoms with Crippen LogP contribution in [0.25, 0.3) is 0 Å². The van der Waals surface area contributed by atoms with Crippen LogP contribution < -0.4 is 0 Å². The molecular formula is C13H16N2O2S. The van der Waals surface area contributed by atoms with Crippen LogP contribution in [0.2, 0.25) is 0 Å². The molecule has 1 aliphatic rings. The monoisotopic (exact) mass is 264 g/mol. The summed E-state index contributed by atoms with van der Waals surface area (Å²) in [5.74, 6) is 0.231. The van der Waals surface area contributed by atoms with Gasteiger partial charge in [-0.15, -0.1) is 0 Å². The van der Waals surface area contributed by atoms with E-state index < -0.39 is 9.84 Å². The third-order valence-electron chi connectivity index (χ3n) is 3.23. The van der Waals surface area contributed by atoms with Crippen LogP contribution in [0.4, 0.5) is 0 Å². The second kappa shape index (κ2) is 4.71. The maximum absolute atomic E-state index is 11.9. The molecule has 0 aliphatic carbocycles. The van der Waals surface area contributed by atoms with Crippen molar-refractivity contribution in [2.24, 2.45) is 0 Å². The Kier molecular flexibility index (Phi) is 3.42. The summed E-state index contributed by atoms with van der Waals surface area (Å²) in [6, 6.07) is 7.14. The van der Waals surface area contributed by atoms with Gasteiger partial charge in [0, 0.05) is 0 Å². The Morgan fingerprint density at radius 3 is 2.72 bits per heavy atom. The van der Waals surface area contributed by atoms with Crippen molar-refractivity contribution in [3.63, 3.8) is 0 Å². The molecule has 1 heterocycles. The van der Waals surface area contributed by atoms with Crippen molar-refractivity contribution in [2.75, 3.05) is 19.8 Å². The minimum atomic E-state index is -3.11. The Morgan fingerprint density at radius 1 is 1.39 bits per heavy atom. The molecular weight excluding hydrogens is 248 g/mol. The highest BCUT2D eigenvalue weighted by atomic mass is 32.2. The summed E-state index contributed by atoms with van der Waals surface area (Å²) in [7, 11) is 0.567. The number of sulfone groups is 1. The predicted octanol–water partition coefficient (Wildman–Crippen LogP) is 1.53. The number of rotatable bonds is 2. The summed E-state index contributed by atoms with van der Waals surface area (Å²) < 4.78 is 23.8. The number of nitrogens with zero attached hydrogens (tertiary/aromatic N) is 2. The number of nitriles is 1. The van der Waals surface area contributed by atoms with Crippen LogP contribution in [-0.4, -0.2) is 33.2 Å². The van der Waals surface area contributed by atoms with Gasteiger partial charge in [-0.25, -0.2) is 8.42 Å². The topological polar surface area (TPSA) is 61.2 Å². The molecule has 0 fully saturated rings. The van der Waals surface area contributed by atoms with E-state index in [1.165, 1.54) is 0 Å². The fraction of sp³-hybridized carbons (Fsp3) is 0.462. The normalized spacial score (nSPS) is 19.0. The van der Waals surface area contributed by atoms with Crippen molar-refractivity contribution in [3.8, 4) is 6.07 Å². The molecule has 5 heteroatoms. The van der Waals surface area contributed by atoms with Gasteiger partial charge in [0.25, 0.3) is 0 Å². The summed E-state index contributed by atoms with van der Waals surface area (Å²) in [5, 5.41) is 9.15. The largest absolute Gasteiger partial charge is 0.291 e. The standard InChI is InChI=1S/C13H16N2O2S/c1-15(2)12(9-14)10-5-6-13-11(8-10)4-3-7-18(13,16)17/h5-6,8,12H,3-4,7H2,1-2H3. The van der Waals surface area contributed by atoms with E-state index in [4.69, 9.17) is 5.26 Å². The van der Waals surface area contributed by atoms with Gasteiger partial charge < -0.3 is 0 Å². The van der Waals surface area contributed by atoms with E-state index in [1.807, 2.05) is 25.1 Å². The zero-order chi connectivity index (χ0) is 13.3. The fourth-order valence-electron chi connectivity index (χ4n) is 2.32. The SMILES string of the molecule is CN(C)C(C#N)c1ccc2c(c1)CCCS2(=O)=O. The molecule has 0 saturated heterocycles. The van der Waals surface area contributed by atoms with E-state index >= 15 is 0 Å². The lowest BCUT2D eigenvalue weighted by molar-refractivity contribution is 0.358. The molecule has 1 unspecified atom stereocenters. The van der Waals surface area contributed by atoms with Crippen LogP contribution in [0.15, 0.2) is 23.1 Å². The highest BCUT2D eigenvalue weighted by Gasteiger charge is 2.24. The average molecular weight is 264 g/mol. The third-order valence-corrected chi connectivity index (χ3v) is 5.13. The molecule has 0 aromatic heterocycles. The van der Waals surface area contributed by atoms with Gasteiger partial charge >= 0.3 is 0 Å². The lowest BCUT2D eigenvalue weighted by Crippen LogP contribution is -2.20. The van der Waals surface area contributed by atoms with Crippen molar-refractivity contribution in [3.05, 3.63) is 29.3 Å². The zero-order valence-corrected chi connectivity index (χ0v) is 11.4. The molecule has 0 radical (unpaired) electrons. The van der Waals surface area contributed by atoms with Crippen LogP contribution in [0.5, 0.6) is 0 Å². The first-order chi connectivity index (χ1) is 8.45. The van der Waals surface area contributed by atoms with Crippen molar-refractivity contribution < 1.29 is 8.42 Å². The maximum Gasteiger partial charge on any atom is 0.178 e. The van der Waals surface area contributed by atoms with Crippen LogP contribution in [-0.2, 0) is 16.3 Å². The molecule has 0 bridgehead atoms. The highest BCUT2D eigenvalue weighted by molar-refractivity contribution is 7.91. The van der Waals surface area contributed by atoms with Gasteiger partial charge in [-0.1, -0.05) is 12.1 Å². The molecule has 1 atom stereocenters. The smallest absolute Gasteiger partial charge is 0.178 e. The zero-order valence-electron chi connectivity index (χ0n) is 10.5. The predicted molar refractivity (Wildman–Crippen MR) is 68.9 cm³/mol. The molecule has 0 N–H and O–H groups in total. The molecule has 96 valence electrons. The van der Waals surface area contributed by atoms with Crippen LogP contribution >= 0.6 is 0 Å². The average Bonchev–Trinajstić information content (AvgIpc) is 2.28. The number of fused-ring (bicyclic) bond motifs is 1. The van der Waals surface area contributed by atoms with Crippen LogP contribution in [0.3, 0.4) is 0 Å². The molecule has 4 nitrogen and oxygen atoms in total. The van der Waals surface area contributed by atoms with E-state index in [0.717, 1.165) is 17.5 Å². The van der Waals surface area contributed by atoms with Crippen molar-refractivity contribution in [2.45, 2.75) is 23.8 Å². The molecule has 18 heavy (non-hydrogen) atoms. The van der Waals surface area contributed by atoms with Gasteiger partial charge in [-0.2, -0.15) is 5.26 Å². The van der Waals surface area contributed by atoms with Gasteiger partial charge in [-0.3, -0.25) is 4.90 Å². The third kappa shape index (κ3) is 2.26. The Bertz CT molecular complexity index is 600. The van der Waals surface area contributed by atoms with Gasteiger partial charge in [0.1, 0.15) is 6.04 Å². The first-order valence-electron chi connectivity index (χ1n) is 5.87. The molecule has 0 spiro atoms. The van der Waals surface area contributed by atoms with Gasteiger partial charge in [0.05, 0.1) is 16.7 Å². The Balaban J connectivity index is 2.49. The van der Waals surface area contributed by atoms with Crippen molar-refractivity contribution in [1.29, 1.82) is 5.26 Å². The van der Waals surface area contributed by atoms with E-state index in [9.17, 15) is 8.42 Å². The van der Waals surface area contributed by atoms with Crippen LogP contribution in [0.1, 0.15) is 23.6 Å². The van der Waals surface area contributed by atoms with E-state index in [1.54, 1.807) is 12.1 Å². The Labute approximate surface area is 108 Å². The lowest BCUT2D eigenvalue weighted by Gasteiger charge is -2.21. The summed E-state index contributed by atoms with van der Waals surface area (Å²) in [6.45, 7) is 0. The second-order valence-corrected chi connectivity index (χ2v) is 6.86. The quantitative estimate of drug-likeness (QED) is 0.812. The van der Waals surface area contributed by atoms with Gasteiger partial charge in [-0.05, 0) is 44.1 Å². The van der Waals surface area contributed by atoms with E-state index in [-0.39, 0.29) is 11.8 Å². The minimum absolute atomic E-state index is 0.231. The maximum atomic E-state index is 11.9. The summed E-state index contributed by atoms with van der Waals surface area (Å²) in [5.41, 5.74) is 1.71. The first-order valence-corrected chi connectivity index (χ1v) is 7.52. The molecule has 1 aromatic rings. The van der Waals surface area contributed by atoms with E-state index in [2.05, 4.69) is 6.07 Å². The van der Waals surface area contributed by atoms with Crippen LogP contribution in [0, 0.1) is 11.3 Å². The highest BCUT2D eigenvalue weighted by Crippen LogP contribution is 2.28. The molecule has 1 aromatic carbocycles. The number of hydrogen-bond donors (Lipinski definition) is 0. The van der Waals surface area contributed by atoms with Gasteiger partial charge in [0.15, 0.2) is 9.84 Å². The molecule has 2 rings (SSSR count). The lowest BCUT2D eigenvalue weighted by atomic mass is 10.0. The summed E-state index contributed by atoms with van der Waals surface area (Å²) in [4.78, 5) is 2.26. The summed E-state index contributed by atoms with van der Waals surface area (Å²) >= 11 is 0. The second-order valence-electron chi connectivity index (χ2n) is 4.78. The first kappa shape index (κ1) is 13.1. The Hall–Kier alpha value is -1.38. The van der Waals surface area contributed by atoms with E-state index in [0.29, 0.717) is 11.3 Å². The van der Waals surface area contributed by atoms with Crippen molar-refractivity contribution >= 4 is 9.84 Å². The van der Waals surface area contributed by atoms with Crippen molar-refractivity contribution in [1.82, 2.24) is 4.90 Å². The number of hydrogen-bond acceptors (Lipinski definition) is 4. The summed E-state index contributed by atoms with van der Waals surface area (Å²) in [6.07, 6.45) is 1.44. The molecule has 1 aliphatic heterocycles. The molecule has 0 saturated carbocycles.